The lowest BCUT2D eigenvalue weighted by atomic mass is 9.98. The molecule has 11 atom stereocenters. The molecule has 2 rings (SSSR count). The fourth-order valence-electron chi connectivity index (χ4n) is 6.69. The molecule has 2 aliphatic rings. The van der Waals surface area contributed by atoms with Crippen LogP contribution in [0.25, 0.3) is 0 Å². The summed E-state index contributed by atoms with van der Waals surface area (Å²) in [5, 5.41) is 71.8. The van der Waals surface area contributed by atoms with Crippen molar-refractivity contribution in [1.82, 2.24) is 0 Å². The van der Waals surface area contributed by atoms with Crippen molar-refractivity contribution in [2.45, 2.75) is 197 Å². The number of allylic oxidation sites excluding steroid dienone is 8. The van der Waals surface area contributed by atoms with Gasteiger partial charge in [-0.1, -0.05) is 120 Å². The topological polar surface area (TPSA) is 214 Å². The highest BCUT2D eigenvalue weighted by Crippen LogP contribution is 2.26. The van der Waals surface area contributed by atoms with Crippen molar-refractivity contribution in [2.24, 2.45) is 0 Å². The molecule has 11 unspecified atom stereocenters. The van der Waals surface area contributed by atoms with E-state index in [1.165, 1.54) is 44.9 Å². The minimum absolute atomic E-state index is 0.0444. The third-order valence-electron chi connectivity index (χ3n) is 10.4. The van der Waals surface area contributed by atoms with Crippen LogP contribution in [0.1, 0.15) is 129 Å². The molecule has 0 saturated carbocycles. The molecule has 0 spiro atoms. The summed E-state index contributed by atoms with van der Waals surface area (Å²) in [6.07, 6.45) is 19.0. The monoisotopic (exact) mass is 843 g/mol. The Bertz CT molecular complexity index is 1160. The maximum atomic E-state index is 12.9. The van der Waals surface area contributed by atoms with Crippen LogP contribution in [0, 0.1) is 0 Å². The Kier molecular flexibility index (Phi) is 30.2. The lowest BCUT2D eigenvalue weighted by Gasteiger charge is -2.42. The molecule has 0 radical (unpaired) electrons. The van der Waals surface area contributed by atoms with Crippen LogP contribution in [0.3, 0.4) is 0 Å². The van der Waals surface area contributed by atoms with E-state index in [9.17, 15) is 40.5 Å². The fourth-order valence-corrected chi connectivity index (χ4v) is 6.69. The van der Waals surface area contributed by atoms with Crippen molar-refractivity contribution in [2.75, 3.05) is 33.0 Å². The first kappa shape index (κ1) is 53.1. The number of aliphatic hydroxyl groups is 7. The first-order valence-corrected chi connectivity index (χ1v) is 22.2. The Labute approximate surface area is 352 Å². The Hall–Kier alpha value is -2.05. The summed E-state index contributed by atoms with van der Waals surface area (Å²) in [6, 6.07) is 0. The molecule has 0 amide bonds. The van der Waals surface area contributed by atoms with Crippen molar-refractivity contribution in [3.8, 4) is 0 Å². The van der Waals surface area contributed by atoms with Gasteiger partial charge in [-0.05, 0) is 51.4 Å². The summed E-state index contributed by atoms with van der Waals surface area (Å²) in [7, 11) is 0. The maximum Gasteiger partial charge on any atom is 0.306 e. The molecule has 0 aliphatic carbocycles. The van der Waals surface area contributed by atoms with Crippen LogP contribution in [0.2, 0.25) is 0 Å². The van der Waals surface area contributed by atoms with Gasteiger partial charge in [0.25, 0.3) is 0 Å². The van der Waals surface area contributed by atoms with E-state index in [2.05, 4.69) is 62.5 Å². The number of carbonyl (C=O) groups is 1. The molecule has 7 N–H and O–H groups in total. The van der Waals surface area contributed by atoms with Crippen LogP contribution in [-0.2, 0) is 33.2 Å². The average molecular weight is 843 g/mol. The van der Waals surface area contributed by atoms with Gasteiger partial charge in [0, 0.05) is 13.0 Å². The number of ether oxygens (including phenoxy) is 6. The number of hydrogen-bond acceptors (Lipinski definition) is 14. The lowest BCUT2D eigenvalue weighted by molar-refractivity contribution is -0.332. The van der Waals surface area contributed by atoms with E-state index in [1.54, 1.807) is 0 Å². The normalized spacial score (nSPS) is 28.4. The number of esters is 1. The van der Waals surface area contributed by atoms with E-state index in [0.717, 1.165) is 57.8 Å². The Balaban J connectivity index is 1.85. The highest BCUT2D eigenvalue weighted by molar-refractivity contribution is 5.69. The van der Waals surface area contributed by atoms with Crippen molar-refractivity contribution in [3.63, 3.8) is 0 Å². The van der Waals surface area contributed by atoms with Gasteiger partial charge < -0.3 is 64.2 Å². The fraction of sp³-hybridized carbons (Fsp3) is 0.800. The summed E-state index contributed by atoms with van der Waals surface area (Å²) in [5.41, 5.74) is 0. The first-order chi connectivity index (χ1) is 28.6. The molecule has 0 aromatic carbocycles. The van der Waals surface area contributed by atoms with E-state index in [0.29, 0.717) is 13.0 Å². The average Bonchev–Trinajstić information content (AvgIpc) is 3.23. The molecule has 2 aliphatic heterocycles. The molecule has 2 saturated heterocycles. The number of aliphatic hydroxyl groups excluding tert-OH is 7. The van der Waals surface area contributed by atoms with Crippen molar-refractivity contribution < 1.29 is 69.0 Å². The Morgan fingerprint density at radius 3 is 1.69 bits per heavy atom. The van der Waals surface area contributed by atoms with Crippen LogP contribution in [0.15, 0.2) is 48.6 Å². The minimum Gasteiger partial charge on any atom is -0.457 e. The highest BCUT2D eigenvalue weighted by Gasteiger charge is 2.47. The summed E-state index contributed by atoms with van der Waals surface area (Å²) < 4.78 is 34.0. The molecule has 14 heteroatoms. The summed E-state index contributed by atoms with van der Waals surface area (Å²) in [6.45, 7) is 3.47. The second-order valence-electron chi connectivity index (χ2n) is 15.5. The van der Waals surface area contributed by atoms with E-state index in [4.69, 9.17) is 28.4 Å². The van der Waals surface area contributed by atoms with Crippen molar-refractivity contribution >= 4 is 5.97 Å². The van der Waals surface area contributed by atoms with Gasteiger partial charge >= 0.3 is 5.97 Å². The van der Waals surface area contributed by atoms with Gasteiger partial charge in [-0.2, -0.15) is 0 Å². The first-order valence-electron chi connectivity index (χ1n) is 22.2. The molecule has 14 nitrogen and oxygen atoms in total. The summed E-state index contributed by atoms with van der Waals surface area (Å²) in [4.78, 5) is 12.9. The van der Waals surface area contributed by atoms with Gasteiger partial charge in [0.05, 0.1) is 26.4 Å². The van der Waals surface area contributed by atoms with Gasteiger partial charge in [0.15, 0.2) is 12.6 Å². The number of hydrogen-bond donors (Lipinski definition) is 7. The standard InChI is InChI=1S/C45H78O14/c1-3-5-7-9-11-13-15-16-17-18-19-20-22-24-26-28-37(47)57-34(31-54-29-27-25-23-21-14-12-10-8-6-4-2)32-55-44-43(53)41(51)39(49)36(59-44)33-56-45-42(52)40(50)38(48)35(30-46)58-45/h5,7,11,13,16-17,19-20,34-36,38-46,48-53H,3-4,6,8-10,12,14-15,18,21-33H2,1-2H3/b7-5-,13-11-,17-16-,20-19-. The molecule has 0 bridgehead atoms. The van der Waals surface area contributed by atoms with E-state index < -0.39 is 86.7 Å². The van der Waals surface area contributed by atoms with Gasteiger partial charge in [0.2, 0.25) is 0 Å². The van der Waals surface area contributed by atoms with Crippen LogP contribution in [-0.4, -0.2) is 142 Å². The van der Waals surface area contributed by atoms with Crippen molar-refractivity contribution in [1.29, 1.82) is 0 Å². The quantitative estimate of drug-likeness (QED) is 0.0268. The van der Waals surface area contributed by atoms with Crippen LogP contribution in [0.5, 0.6) is 0 Å². The molecule has 0 aromatic rings. The summed E-state index contributed by atoms with van der Waals surface area (Å²) in [5.74, 6) is -0.419. The van der Waals surface area contributed by atoms with Crippen molar-refractivity contribution in [3.05, 3.63) is 48.6 Å². The molecule has 2 heterocycles. The molecule has 2 fully saturated rings. The SMILES string of the molecule is CC/C=C\C/C=C\C/C=C\C/C=C\CCCCC(=O)OC(COCCCCCCCCCCCC)COC1OC(COC2OC(CO)C(O)C(O)C2O)C(O)C(O)C1O. The largest absolute Gasteiger partial charge is 0.457 e. The predicted octanol–water partition coefficient (Wildman–Crippen LogP) is 4.84. The van der Waals surface area contributed by atoms with Crippen LogP contribution in [0.4, 0.5) is 0 Å². The van der Waals surface area contributed by atoms with E-state index in [-0.39, 0.29) is 19.6 Å². The smallest absolute Gasteiger partial charge is 0.306 e. The minimum atomic E-state index is -1.71. The van der Waals surface area contributed by atoms with E-state index in [1.807, 2.05) is 0 Å². The highest BCUT2D eigenvalue weighted by atomic mass is 16.7. The Morgan fingerprint density at radius 2 is 1.10 bits per heavy atom. The predicted molar refractivity (Wildman–Crippen MR) is 224 cm³/mol. The summed E-state index contributed by atoms with van der Waals surface area (Å²) >= 11 is 0. The molecule has 342 valence electrons. The zero-order valence-electron chi connectivity index (χ0n) is 35.7. The third kappa shape index (κ3) is 22.6. The van der Waals surface area contributed by atoms with E-state index >= 15 is 0 Å². The number of carbonyl (C=O) groups excluding carboxylic acids is 1. The number of unbranched alkanes of at least 4 members (excludes halogenated alkanes) is 11. The second kappa shape index (κ2) is 33.6. The van der Waals surface area contributed by atoms with Gasteiger partial charge in [-0.15, -0.1) is 0 Å². The van der Waals surface area contributed by atoms with Gasteiger partial charge in [-0.3, -0.25) is 4.79 Å². The molecular weight excluding hydrogens is 764 g/mol. The van der Waals surface area contributed by atoms with Crippen LogP contribution < -0.4 is 0 Å². The number of rotatable bonds is 33. The van der Waals surface area contributed by atoms with Crippen LogP contribution >= 0.6 is 0 Å². The molecule has 0 aromatic heterocycles. The molecular formula is C45H78O14. The maximum absolute atomic E-state index is 12.9. The lowest BCUT2D eigenvalue weighted by Crippen LogP contribution is -2.61. The van der Waals surface area contributed by atoms with Gasteiger partial charge in [0.1, 0.15) is 54.9 Å². The second-order valence-corrected chi connectivity index (χ2v) is 15.5. The van der Waals surface area contributed by atoms with Gasteiger partial charge in [-0.25, -0.2) is 0 Å². The molecule has 59 heavy (non-hydrogen) atoms. The Morgan fingerprint density at radius 1 is 0.576 bits per heavy atom. The third-order valence-corrected chi connectivity index (χ3v) is 10.4. The zero-order chi connectivity index (χ0) is 43.1. The zero-order valence-corrected chi connectivity index (χ0v) is 35.7.